The predicted octanol–water partition coefficient (Wildman–Crippen LogP) is 6.50. The molecule has 1 atom stereocenters. The highest BCUT2D eigenvalue weighted by atomic mass is 14.7. The lowest BCUT2D eigenvalue weighted by atomic mass is 9.87. The van der Waals surface area contributed by atoms with Gasteiger partial charge >= 0.3 is 0 Å². The Bertz CT molecular complexity index is 396. The van der Waals surface area contributed by atoms with Gasteiger partial charge in [0, 0.05) is 17.0 Å². The second-order valence-corrected chi connectivity index (χ2v) is 4.46. The van der Waals surface area contributed by atoms with Crippen LogP contribution < -0.4 is 0 Å². The molecule has 0 saturated heterocycles. The maximum absolute atomic E-state index is 3.92. The van der Waals surface area contributed by atoms with Crippen LogP contribution in [-0.4, -0.2) is 4.98 Å². The van der Waals surface area contributed by atoms with E-state index in [9.17, 15) is 0 Å². The Morgan fingerprint density at radius 2 is 1.80 bits per heavy atom. The summed E-state index contributed by atoms with van der Waals surface area (Å²) in [6, 6.07) is 0. The first kappa shape index (κ1) is 21.1. The van der Waals surface area contributed by atoms with Crippen LogP contribution in [0.2, 0.25) is 0 Å². The van der Waals surface area contributed by atoms with Crippen LogP contribution in [0.25, 0.3) is 12.2 Å². The van der Waals surface area contributed by atoms with E-state index < -0.39 is 0 Å². The Hall–Kier alpha value is -1.24. The molecule has 1 heteroatoms. The average Bonchev–Trinajstić information content (AvgIpc) is 2.80. The fourth-order valence-corrected chi connectivity index (χ4v) is 2.46. The standard InChI is InChI=1S/C14H19N.2C2H6.CH4/c1-4-6-13-11(5-2)12-8-7-10(3)9-14(12)15-13;2*1-2;/h4-6,10,15H,2,7-9H2,1,3H3;2*1-2H3;1H4/b6-4-;;;. The van der Waals surface area contributed by atoms with Gasteiger partial charge in [-0.1, -0.05) is 60.8 Å². The lowest BCUT2D eigenvalue weighted by Gasteiger charge is -2.18. The molecule has 1 aromatic rings. The molecule has 1 unspecified atom stereocenters. The number of hydrogen-bond donors (Lipinski definition) is 1. The van der Waals surface area contributed by atoms with Crippen molar-refractivity contribution in [3.63, 3.8) is 0 Å². The van der Waals surface area contributed by atoms with E-state index in [1.807, 2.05) is 33.8 Å². The molecule has 0 radical (unpaired) electrons. The minimum absolute atomic E-state index is 0. The van der Waals surface area contributed by atoms with E-state index in [0.29, 0.717) is 0 Å². The maximum atomic E-state index is 3.92. The fourth-order valence-electron chi connectivity index (χ4n) is 2.46. The summed E-state index contributed by atoms with van der Waals surface area (Å²) in [6.07, 6.45) is 9.90. The SMILES string of the molecule is C.C=Cc1c(/C=C\C)[nH]c2c1CCC(C)C2.CC.CC. The smallest absolute Gasteiger partial charge is 0.0455 e. The van der Waals surface area contributed by atoms with Crippen molar-refractivity contribution >= 4 is 12.2 Å². The fraction of sp³-hybridized carbons (Fsp3) is 0.579. The van der Waals surface area contributed by atoms with E-state index >= 15 is 0 Å². The van der Waals surface area contributed by atoms with Crippen LogP contribution in [0, 0.1) is 5.92 Å². The van der Waals surface area contributed by atoms with Gasteiger partial charge in [-0.15, -0.1) is 0 Å². The zero-order valence-corrected chi connectivity index (χ0v) is 13.6. The number of rotatable bonds is 2. The third-order valence-corrected chi connectivity index (χ3v) is 3.24. The minimum atomic E-state index is 0. The molecule has 116 valence electrons. The summed E-state index contributed by atoms with van der Waals surface area (Å²) in [5.74, 6) is 0.812. The number of hydrogen-bond acceptors (Lipinski definition) is 0. The molecule has 0 amide bonds. The molecule has 1 aliphatic carbocycles. The van der Waals surface area contributed by atoms with Crippen molar-refractivity contribution in [1.82, 2.24) is 4.98 Å². The zero-order valence-electron chi connectivity index (χ0n) is 13.6. The van der Waals surface area contributed by atoms with Gasteiger partial charge in [-0.05, 0) is 43.7 Å². The summed E-state index contributed by atoms with van der Waals surface area (Å²) in [5.41, 5.74) is 5.47. The highest BCUT2D eigenvalue weighted by molar-refractivity contribution is 5.67. The van der Waals surface area contributed by atoms with Crippen molar-refractivity contribution < 1.29 is 0 Å². The van der Waals surface area contributed by atoms with Crippen molar-refractivity contribution in [3.8, 4) is 0 Å². The largest absolute Gasteiger partial charge is 0.358 e. The topological polar surface area (TPSA) is 15.8 Å². The number of aromatic nitrogens is 1. The molecule has 0 aromatic carbocycles. The van der Waals surface area contributed by atoms with Crippen LogP contribution in [0.1, 0.15) is 77.9 Å². The Balaban J connectivity index is 0. The minimum Gasteiger partial charge on any atom is -0.358 e. The van der Waals surface area contributed by atoms with Crippen molar-refractivity contribution in [2.24, 2.45) is 5.92 Å². The molecule has 1 heterocycles. The summed E-state index contributed by atoms with van der Waals surface area (Å²) in [5, 5.41) is 0. The number of aromatic amines is 1. The molecule has 20 heavy (non-hydrogen) atoms. The van der Waals surface area contributed by atoms with E-state index in [-0.39, 0.29) is 7.43 Å². The highest BCUT2D eigenvalue weighted by Gasteiger charge is 2.20. The molecule has 0 fully saturated rings. The number of nitrogens with one attached hydrogen (secondary N) is 1. The zero-order chi connectivity index (χ0) is 14.8. The molecule has 1 N–H and O–H groups in total. The van der Waals surface area contributed by atoms with Crippen molar-refractivity contribution in [2.75, 3.05) is 0 Å². The van der Waals surface area contributed by atoms with Gasteiger partial charge in [0.1, 0.15) is 0 Å². The Kier molecular flexibility index (Phi) is 12.2. The van der Waals surface area contributed by atoms with Crippen LogP contribution >= 0.6 is 0 Å². The first-order chi connectivity index (χ1) is 9.26. The highest BCUT2D eigenvalue weighted by Crippen LogP contribution is 2.30. The molecule has 1 nitrogen and oxygen atoms in total. The molecule has 0 aliphatic heterocycles. The summed E-state index contributed by atoms with van der Waals surface area (Å²) in [6.45, 7) is 16.3. The first-order valence-electron chi connectivity index (χ1n) is 7.75. The average molecular weight is 277 g/mol. The Morgan fingerprint density at radius 1 is 1.20 bits per heavy atom. The predicted molar refractivity (Wildman–Crippen MR) is 96.2 cm³/mol. The molecule has 0 spiro atoms. The van der Waals surface area contributed by atoms with Gasteiger partial charge in [0.15, 0.2) is 0 Å². The summed E-state index contributed by atoms with van der Waals surface area (Å²) < 4.78 is 0. The number of allylic oxidation sites excluding steroid dienone is 1. The van der Waals surface area contributed by atoms with E-state index in [1.54, 1.807) is 0 Å². The molecule has 1 aliphatic rings. The van der Waals surface area contributed by atoms with E-state index in [0.717, 1.165) is 5.92 Å². The van der Waals surface area contributed by atoms with Gasteiger partial charge in [0.25, 0.3) is 0 Å². The van der Waals surface area contributed by atoms with Gasteiger partial charge in [-0.25, -0.2) is 0 Å². The van der Waals surface area contributed by atoms with Crippen LogP contribution in [0.4, 0.5) is 0 Å². The molecular weight excluding hydrogens is 242 g/mol. The third-order valence-electron chi connectivity index (χ3n) is 3.24. The Labute approximate surface area is 127 Å². The molecular formula is C19H35N. The maximum Gasteiger partial charge on any atom is 0.0455 e. The van der Waals surface area contributed by atoms with Crippen molar-refractivity contribution in [2.45, 2.75) is 68.2 Å². The van der Waals surface area contributed by atoms with Gasteiger partial charge < -0.3 is 4.98 Å². The molecule has 0 bridgehead atoms. The molecule has 1 aromatic heterocycles. The van der Waals surface area contributed by atoms with Gasteiger partial charge in [-0.3, -0.25) is 0 Å². The lowest BCUT2D eigenvalue weighted by molar-refractivity contribution is 0.496. The van der Waals surface area contributed by atoms with E-state index in [2.05, 4.69) is 37.6 Å². The monoisotopic (exact) mass is 277 g/mol. The summed E-state index contributed by atoms with van der Waals surface area (Å²) >= 11 is 0. The molecule has 2 rings (SSSR count). The van der Waals surface area contributed by atoms with Crippen molar-refractivity contribution in [1.29, 1.82) is 0 Å². The second kappa shape index (κ2) is 11.6. The quantitative estimate of drug-likeness (QED) is 0.634. The van der Waals surface area contributed by atoms with Crippen molar-refractivity contribution in [3.05, 3.63) is 35.2 Å². The summed E-state index contributed by atoms with van der Waals surface area (Å²) in [7, 11) is 0. The number of H-pyrrole nitrogens is 1. The van der Waals surface area contributed by atoms with Crippen LogP contribution in [0.5, 0.6) is 0 Å². The van der Waals surface area contributed by atoms with Gasteiger partial charge in [0.05, 0.1) is 0 Å². The first-order valence-corrected chi connectivity index (χ1v) is 7.75. The summed E-state index contributed by atoms with van der Waals surface area (Å²) in [4.78, 5) is 3.53. The molecule has 0 saturated carbocycles. The van der Waals surface area contributed by atoms with Crippen LogP contribution in [0.3, 0.4) is 0 Å². The van der Waals surface area contributed by atoms with Crippen LogP contribution in [-0.2, 0) is 12.8 Å². The normalized spacial score (nSPS) is 16.0. The third kappa shape index (κ3) is 5.03. The van der Waals surface area contributed by atoms with Gasteiger partial charge in [0.2, 0.25) is 0 Å². The van der Waals surface area contributed by atoms with Gasteiger partial charge in [-0.2, -0.15) is 0 Å². The van der Waals surface area contributed by atoms with E-state index in [4.69, 9.17) is 0 Å². The Morgan fingerprint density at radius 3 is 2.30 bits per heavy atom. The number of fused-ring (bicyclic) bond motifs is 1. The lowest BCUT2D eigenvalue weighted by Crippen LogP contribution is -2.10. The van der Waals surface area contributed by atoms with Crippen LogP contribution in [0.15, 0.2) is 12.7 Å². The second-order valence-electron chi connectivity index (χ2n) is 4.46. The van der Waals surface area contributed by atoms with E-state index in [1.165, 1.54) is 41.8 Å².